The number of halogens is 2. The number of benzene rings is 1. The third-order valence-electron chi connectivity index (χ3n) is 2.98. The molecule has 0 fully saturated rings. The molecular weight excluding hydrogens is 323 g/mol. The largest absolute Gasteiger partial charge is 0.322 e. The fourth-order valence-corrected chi connectivity index (χ4v) is 2.41. The summed E-state index contributed by atoms with van der Waals surface area (Å²) in [7, 11) is 0. The lowest BCUT2D eigenvalue weighted by molar-refractivity contribution is 0.102. The third-order valence-corrected chi connectivity index (χ3v) is 3.37. The number of H-pyrrole nitrogens is 1. The van der Waals surface area contributed by atoms with Gasteiger partial charge in [0.15, 0.2) is 0 Å². The Morgan fingerprint density at radius 2 is 1.73 bits per heavy atom. The average molecular weight is 333 g/mol. The van der Waals surface area contributed by atoms with Gasteiger partial charge in [0.2, 0.25) is 0 Å². The van der Waals surface area contributed by atoms with Crippen LogP contribution in [0.25, 0.3) is 11.3 Å². The van der Waals surface area contributed by atoms with Crippen molar-refractivity contribution in [3.63, 3.8) is 0 Å². The van der Waals surface area contributed by atoms with Crippen LogP contribution in [0.5, 0.6) is 0 Å². The first kappa shape index (κ1) is 14.6. The highest BCUT2D eigenvalue weighted by atomic mass is 35.5. The molecule has 3 aromatic rings. The summed E-state index contributed by atoms with van der Waals surface area (Å²) in [5.74, 6) is -0.305. The molecular formula is C15H10Cl2N4O. The lowest BCUT2D eigenvalue weighted by Gasteiger charge is -2.06. The Morgan fingerprint density at radius 1 is 1.05 bits per heavy atom. The van der Waals surface area contributed by atoms with E-state index in [1.165, 1.54) is 12.1 Å². The van der Waals surface area contributed by atoms with Gasteiger partial charge in [-0.1, -0.05) is 35.3 Å². The molecule has 3 rings (SSSR count). The molecule has 0 saturated heterocycles. The number of nitrogens with one attached hydrogen (secondary N) is 2. The maximum atomic E-state index is 12.2. The molecule has 7 heteroatoms. The number of nitrogens with zero attached hydrogens (tertiary/aromatic N) is 2. The zero-order valence-corrected chi connectivity index (χ0v) is 12.7. The highest BCUT2D eigenvalue weighted by Gasteiger charge is 2.09. The van der Waals surface area contributed by atoms with Gasteiger partial charge in [-0.15, -0.1) is 0 Å². The van der Waals surface area contributed by atoms with Crippen LogP contribution in [0.3, 0.4) is 0 Å². The second-order valence-electron chi connectivity index (χ2n) is 4.50. The quantitative estimate of drug-likeness (QED) is 0.711. The van der Waals surface area contributed by atoms with E-state index >= 15 is 0 Å². The van der Waals surface area contributed by atoms with E-state index in [1.54, 1.807) is 18.3 Å². The Hall–Kier alpha value is -2.37. The van der Waals surface area contributed by atoms with Crippen molar-refractivity contribution < 1.29 is 4.79 Å². The van der Waals surface area contributed by atoms with Crippen molar-refractivity contribution in [3.8, 4) is 11.3 Å². The summed E-state index contributed by atoms with van der Waals surface area (Å²) < 4.78 is 0. The van der Waals surface area contributed by atoms with Crippen molar-refractivity contribution in [1.29, 1.82) is 0 Å². The van der Waals surface area contributed by atoms with Gasteiger partial charge in [-0.25, -0.2) is 4.98 Å². The Bertz CT molecular complexity index is 781. The van der Waals surface area contributed by atoms with Crippen LogP contribution < -0.4 is 5.32 Å². The molecule has 0 aliphatic rings. The first-order valence-corrected chi connectivity index (χ1v) is 7.12. The number of carbonyl (C=O) groups excluding carboxylic acids is 1. The van der Waals surface area contributed by atoms with Crippen molar-refractivity contribution in [2.45, 2.75) is 0 Å². The van der Waals surface area contributed by atoms with Crippen LogP contribution in [-0.2, 0) is 0 Å². The van der Waals surface area contributed by atoms with Gasteiger partial charge in [-0.05, 0) is 35.9 Å². The van der Waals surface area contributed by atoms with Crippen molar-refractivity contribution in [2.24, 2.45) is 0 Å². The minimum atomic E-state index is -0.305. The van der Waals surface area contributed by atoms with E-state index in [9.17, 15) is 4.79 Å². The van der Waals surface area contributed by atoms with Crippen LogP contribution in [0.4, 0.5) is 5.69 Å². The van der Waals surface area contributed by atoms with Crippen LogP contribution in [-0.4, -0.2) is 21.1 Å². The molecule has 0 aliphatic carbocycles. The summed E-state index contributed by atoms with van der Waals surface area (Å²) in [6.07, 6.45) is 1.68. The van der Waals surface area contributed by atoms with E-state index in [0.717, 1.165) is 11.3 Å². The summed E-state index contributed by atoms with van der Waals surface area (Å²) in [6, 6.07) is 12.2. The predicted molar refractivity (Wildman–Crippen MR) is 86.2 cm³/mol. The second kappa shape index (κ2) is 6.17. The lowest BCUT2D eigenvalue weighted by atomic mass is 10.1. The molecule has 0 saturated carbocycles. The molecule has 0 aliphatic heterocycles. The van der Waals surface area contributed by atoms with Crippen LogP contribution in [0.2, 0.25) is 10.3 Å². The molecule has 0 spiro atoms. The fraction of sp³-hybridized carbons (Fsp3) is 0. The molecule has 2 N–H and O–H groups in total. The summed E-state index contributed by atoms with van der Waals surface area (Å²) in [6.45, 7) is 0. The van der Waals surface area contributed by atoms with Crippen LogP contribution in [0.1, 0.15) is 10.4 Å². The first-order chi connectivity index (χ1) is 10.6. The fourth-order valence-electron chi connectivity index (χ4n) is 1.95. The van der Waals surface area contributed by atoms with E-state index < -0.39 is 0 Å². The van der Waals surface area contributed by atoms with Gasteiger partial charge in [0, 0.05) is 17.4 Å². The number of aromatic nitrogens is 3. The van der Waals surface area contributed by atoms with Gasteiger partial charge in [0.25, 0.3) is 5.91 Å². The van der Waals surface area contributed by atoms with E-state index in [2.05, 4.69) is 20.5 Å². The van der Waals surface area contributed by atoms with Crippen molar-refractivity contribution >= 4 is 34.8 Å². The topological polar surface area (TPSA) is 70.7 Å². The van der Waals surface area contributed by atoms with Crippen molar-refractivity contribution in [2.75, 3.05) is 5.32 Å². The number of rotatable bonds is 3. The maximum Gasteiger partial charge on any atom is 0.255 e. The molecule has 1 aromatic carbocycles. The van der Waals surface area contributed by atoms with Gasteiger partial charge in [-0.3, -0.25) is 9.89 Å². The Kier molecular flexibility index (Phi) is 4.09. The van der Waals surface area contributed by atoms with Crippen molar-refractivity contribution in [1.82, 2.24) is 15.2 Å². The number of amides is 1. The van der Waals surface area contributed by atoms with Crippen LogP contribution in [0.15, 0.2) is 48.7 Å². The Morgan fingerprint density at radius 3 is 2.32 bits per heavy atom. The van der Waals surface area contributed by atoms with Gasteiger partial charge in [0.05, 0.1) is 5.69 Å². The number of hydrogen-bond donors (Lipinski definition) is 2. The predicted octanol–water partition coefficient (Wildman–Crippen LogP) is 4.03. The highest BCUT2D eigenvalue weighted by Crippen LogP contribution is 2.20. The van der Waals surface area contributed by atoms with Gasteiger partial charge in [0.1, 0.15) is 10.3 Å². The zero-order chi connectivity index (χ0) is 15.5. The van der Waals surface area contributed by atoms with E-state index in [-0.39, 0.29) is 16.2 Å². The zero-order valence-electron chi connectivity index (χ0n) is 11.2. The summed E-state index contributed by atoms with van der Waals surface area (Å²) in [4.78, 5) is 16.0. The Balaban J connectivity index is 1.76. The lowest BCUT2D eigenvalue weighted by Crippen LogP contribution is -2.12. The average Bonchev–Trinajstić information content (AvgIpc) is 3.01. The normalized spacial score (nSPS) is 10.5. The molecule has 1 amide bonds. The monoisotopic (exact) mass is 332 g/mol. The summed E-state index contributed by atoms with van der Waals surface area (Å²) in [5.41, 5.74) is 2.90. The molecule has 0 radical (unpaired) electrons. The van der Waals surface area contributed by atoms with E-state index in [4.69, 9.17) is 23.2 Å². The molecule has 5 nitrogen and oxygen atoms in total. The number of pyridine rings is 1. The summed E-state index contributed by atoms with van der Waals surface area (Å²) in [5, 5.41) is 9.90. The minimum absolute atomic E-state index is 0.173. The van der Waals surface area contributed by atoms with E-state index in [0.29, 0.717) is 11.3 Å². The molecule has 0 bridgehead atoms. The minimum Gasteiger partial charge on any atom is -0.322 e. The van der Waals surface area contributed by atoms with E-state index in [1.807, 2.05) is 18.2 Å². The van der Waals surface area contributed by atoms with Gasteiger partial charge >= 0.3 is 0 Å². The molecule has 22 heavy (non-hydrogen) atoms. The summed E-state index contributed by atoms with van der Waals surface area (Å²) >= 11 is 11.6. The number of hydrogen-bond acceptors (Lipinski definition) is 3. The molecule has 2 aromatic heterocycles. The third kappa shape index (κ3) is 3.27. The second-order valence-corrected chi connectivity index (χ2v) is 5.28. The molecule has 2 heterocycles. The Labute approximate surface area is 136 Å². The SMILES string of the molecule is O=C(Nc1ccc(-c2ccn[nH]2)cc1)c1cc(Cl)nc(Cl)c1. The molecule has 110 valence electrons. The van der Waals surface area contributed by atoms with Gasteiger partial charge < -0.3 is 5.32 Å². The standard InChI is InChI=1S/C15H10Cl2N4O/c16-13-7-10(8-14(17)20-13)15(22)19-11-3-1-9(2-4-11)12-5-6-18-21-12/h1-8H,(H,18,21)(H,19,22). The number of aromatic amines is 1. The highest BCUT2D eigenvalue weighted by molar-refractivity contribution is 6.33. The number of carbonyl (C=O) groups is 1. The number of anilines is 1. The van der Waals surface area contributed by atoms with Crippen LogP contribution in [0, 0.1) is 0 Å². The molecule has 0 unspecified atom stereocenters. The maximum absolute atomic E-state index is 12.2. The molecule has 0 atom stereocenters. The smallest absolute Gasteiger partial charge is 0.255 e. The van der Waals surface area contributed by atoms with Crippen molar-refractivity contribution in [3.05, 3.63) is 64.5 Å². The van der Waals surface area contributed by atoms with Gasteiger partial charge in [-0.2, -0.15) is 5.10 Å². The first-order valence-electron chi connectivity index (χ1n) is 6.36. The van der Waals surface area contributed by atoms with Crippen LogP contribution >= 0.6 is 23.2 Å².